The van der Waals surface area contributed by atoms with Crippen molar-refractivity contribution in [1.82, 2.24) is 19.6 Å². The molecule has 2 heterocycles. The lowest BCUT2D eigenvalue weighted by Crippen LogP contribution is -2.12. The molecule has 176 valence electrons. The summed E-state index contributed by atoms with van der Waals surface area (Å²) in [5.41, 5.74) is 4.32. The highest BCUT2D eigenvalue weighted by Gasteiger charge is 2.11. The van der Waals surface area contributed by atoms with E-state index in [0.29, 0.717) is 31.0 Å². The van der Waals surface area contributed by atoms with E-state index in [-0.39, 0.29) is 5.91 Å². The van der Waals surface area contributed by atoms with E-state index in [2.05, 4.69) is 22.4 Å². The predicted molar refractivity (Wildman–Crippen MR) is 130 cm³/mol. The zero-order valence-corrected chi connectivity index (χ0v) is 19.7. The van der Waals surface area contributed by atoms with Gasteiger partial charge in [0.2, 0.25) is 0 Å². The highest BCUT2D eigenvalue weighted by molar-refractivity contribution is 6.04. The van der Waals surface area contributed by atoms with Crippen molar-refractivity contribution in [2.24, 2.45) is 0 Å². The lowest BCUT2D eigenvalue weighted by atomic mass is 10.1. The van der Waals surface area contributed by atoms with E-state index in [1.54, 1.807) is 16.9 Å². The largest absolute Gasteiger partial charge is 0.494 e. The lowest BCUT2D eigenvalue weighted by molar-refractivity contribution is 0.102. The number of nitrogens with one attached hydrogen (secondary N) is 1. The molecule has 2 aromatic carbocycles. The van der Waals surface area contributed by atoms with Crippen LogP contribution in [-0.2, 0) is 19.7 Å². The molecule has 1 amide bonds. The fraction of sp³-hybridized carbons (Fsp3) is 0.269. The van der Waals surface area contributed by atoms with Crippen molar-refractivity contribution < 1.29 is 14.3 Å². The molecule has 8 nitrogen and oxygen atoms in total. The summed E-state index contributed by atoms with van der Waals surface area (Å²) < 4.78 is 15.0. The Hall–Kier alpha value is -4.07. The predicted octanol–water partition coefficient (Wildman–Crippen LogP) is 4.69. The highest BCUT2D eigenvalue weighted by Crippen LogP contribution is 2.19. The smallest absolute Gasteiger partial charge is 0.255 e. The minimum Gasteiger partial charge on any atom is -0.494 e. The topological polar surface area (TPSA) is 83.2 Å². The molecule has 0 atom stereocenters. The Kier molecular flexibility index (Phi) is 7.27. The number of carbonyl (C=O) groups is 1. The average Bonchev–Trinajstić information content (AvgIpc) is 3.45. The summed E-state index contributed by atoms with van der Waals surface area (Å²) in [6.45, 7) is 8.47. The van der Waals surface area contributed by atoms with Crippen molar-refractivity contribution in [3.63, 3.8) is 0 Å². The molecule has 0 saturated carbocycles. The highest BCUT2D eigenvalue weighted by atomic mass is 16.5. The van der Waals surface area contributed by atoms with Gasteiger partial charge in [-0.1, -0.05) is 12.1 Å². The van der Waals surface area contributed by atoms with Crippen LogP contribution in [0.15, 0.2) is 67.1 Å². The van der Waals surface area contributed by atoms with Crippen molar-refractivity contribution >= 4 is 11.6 Å². The Balaban J connectivity index is 1.34. The van der Waals surface area contributed by atoms with Crippen LogP contribution in [0.2, 0.25) is 0 Å². The number of hydrogen-bond donors (Lipinski definition) is 1. The number of hydrogen-bond acceptors (Lipinski definition) is 5. The fourth-order valence-corrected chi connectivity index (χ4v) is 3.62. The second-order valence-electron chi connectivity index (χ2n) is 7.85. The first-order valence-electron chi connectivity index (χ1n) is 11.4. The van der Waals surface area contributed by atoms with Gasteiger partial charge in [-0.2, -0.15) is 10.2 Å². The van der Waals surface area contributed by atoms with Crippen LogP contribution in [0, 0.1) is 6.92 Å². The SMILES string of the molecule is CCOc1ccc(OCc2cccc(C(=O)Nc3cnn(Cc4cnn(CC)c4C)c3)c2)cc1. The number of ether oxygens (including phenoxy) is 2. The van der Waals surface area contributed by atoms with Gasteiger partial charge in [-0.05, 0) is 62.7 Å². The molecule has 0 spiro atoms. The Bertz CT molecular complexity index is 1240. The van der Waals surface area contributed by atoms with E-state index >= 15 is 0 Å². The molecule has 1 N–H and O–H groups in total. The standard InChI is InChI=1S/C26H29N5O3/c1-4-31-19(3)22(14-28-31)16-30-17-23(15-27-30)29-26(32)21-8-6-7-20(13-21)18-34-25-11-9-24(10-12-25)33-5-2/h6-15,17H,4-5,16,18H2,1-3H3,(H,29,32). The monoisotopic (exact) mass is 459 g/mol. The van der Waals surface area contributed by atoms with Gasteiger partial charge in [-0.25, -0.2) is 0 Å². The minimum atomic E-state index is -0.197. The number of rotatable bonds is 10. The van der Waals surface area contributed by atoms with Gasteiger partial charge in [0, 0.05) is 29.6 Å². The molecule has 8 heteroatoms. The molecule has 0 fully saturated rings. The first kappa shape index (κ1) is 23.1. The third kappa shape index (κ3) is 5.64. The molecule has 0 aliphatic carbocycles. The maximum atomic E-state index is 12.8. The van der Waals surface area contributed by atoms with E-state index in [1.807, 2.05) is 73.4 Å². The quantitative estimate of drug-likeness (QED) is 0.372. The van der Waals surface area contributed by atoms with Crippen molar-refractivity contribution in [2.45, 2.75) is 40.5 Å². The Morgan fingerprint density at radius 1 is 1.00 bits per heavy atom. The third-order valence-corrected chi connectivity index (χ3v) is 5.46. The van der Waals surface area contributed by atoms with Gasteiger partial charge in [-0.3, -0.25) is 14.2 Å². The van der Waals surface area contributed by atoms with E-state index in [9.17, 15) is 4.79 Å². The maximum absolute atomic E-state index is 12.8. The molecule has 0 bridgehead atoms. The summed E-state index contributed by atoms with van der Waals surface area (Å²) in [5, 5.41) is 11.7. The number of nitrogens with zero attached hydrogens (tertiary/aromatic N) is 4. The number of aromatic nitrogens is 4. The molecular weight excluding hydrogens is 430 g/mol. The van der Waals surface area contributed by atoms with Gasteiger partial charge in [0.15, 0.2) is 0 Å². The van der Waals surface area contributed by atoms with Gasteiger partial charge in [0.1, 0.15) is 18.1 Å². The number of benzene rings is 2. The Morgan fingerprint density at radius 3 is 2.47 bits per heavy atom. The van der Waals surface area contributed by atoms with Crippen LogP contribution < -0.4 is 14.8 Å². The molecule has 0 radical (unpaired) electrons. The first-order valence-corrected chi connectivity index (χ1v) is 11.4. The zero-order chi connectivity index (χ0) is 23.9. The van der Waals surface area contributed by atoms with Crippen molar-refractivity contribution in [3.05, 3.63) is 89.5 Å². The number of anilines is 1. The van der Waals surface area contributed by atoms with Gasteiger partial charge in [0.25, 0.3) is 5.91 Å². The van der Waals surface area contributed by atoms with Gasteiger partial charge >= 0.3 is 0 Å². The molecule has 4 rings (SSSR count). The molecular formula is C26H29N5O3. The van der Waals surface area contributed by atoms with E-state index in [4.69, 9.17) is 9.47 Å². The second-order valence-corrected chi connectivity index (χ2v) is 7.85. The normalized spacial score (nSPS) is 10.8. The van der Waals surface area contributed by atoms with Gasteiger partial charge < -0.3 is 14.8 Å². The van der Waals surface area contributed by atoms with E-state index in [0.717, 1.165) is 34.9 Å². The Labute approximate surface area is 199 Å². The van der Waals surface area contributed by atoms with Crippen LogP contribution in [0.25, 0.3) is 0 Å². The van der Waals surface area contributed by atoms with Crippen molar-refractivity contribution in [2.75, 3.05) is 11.9 Å². The molecule has 34 heavy (non-hydrogen) atoms. The number of amides is 1. The van der Waals surface area contributed by atoms with E-state index < -0.39 is 0 Å². The molecule has 0 aliphatic heterocycles. The summed E-state index contributed by atoms with van der Waals surface area (Å²) in [5.74, 6) is 1.35. The van der Waals surface area contributed by atoms with Crippen LogP contribution in [0.5, 0.6) is 11.5 Å². The average molecular weight is 460 g/mol. The van der Waals surface area contributed by atoms with Crippen LogP contribution in [0.4, 0.5) is 5.69 Å². The summed E-state index contributed by atoms with van der Waals surface area (Å²) in [4.78, 5) is 12.8. The van der Waals surface area contributed by atoms with Crippen LogP contribution in [0.3, 0.4) is 0 Å². The third-order valence-electron chi connectivity index (χ3n) is 5.46. The van der Waals surface area contributed by atoms with E-state index in [1.165, 1.54) is 0 Å². The lowest BCUT2D eigenvalue weighted by Gasteiger charge is -2.09. The molecule has 2 aromatic heterocycles. The minimum absolute atomic E-state index is 0.197. The van der Waals surface area contributed by atoms with Gasteiger partial charge in [-0.15, -0.1) is 0 Å². The fourth-order valence-electron chi connectivity index (χ4n) is 3.62. The molecule has 0 unspecified atom stereocenters. The van der Waals surface area contributed by atoms with Crippen LogP contribution >= 0.6 is 0 Å². The number of carbonyl (C=O) groups excluding carboxylic acids is 1. The Morgan fingerprint density at radius 2 is 1.76 bits per heavy atom. The molecule has 4 aromatic rings. The van der Waals surface area contributed by atoms with Crippen LogP contribution in [-0.4, -0.2) is 32.1 Å². The van der Waals surface area contributed by atoms with Crippen LogP contribution in [0.1, 0.15) is 41.0 Å². The van der Waals surface area contributed by atoms with Gasteiger partial charge in [0.05, 0.1) is 31.2 Å². The maximum Gasteiger partial charge on any atom is 0.255 e. The molecule has 0 aliphatic rings. The van der Waals surface area contributed by atoms with Crippen molar-refractivity contribution in [3.8, 4) is 11.5 Å². The second kappa shape index (κ2) is 10.7. The summed E-state index contributed by atoms with van der Waals surface area (Å²) in [6, 6.07) is 14.9. The first-order chi connectivity index (χ1) is 16.6. The molecule has 0 saturated heterocycles. The summed E-state index contributed by atoms with van der Waals surface area (Å²) in [7, 11) is 0. The number of aryl methyl sites for hydroxylation is 1. The summed E-state index contributed by atoms with van der Waals surface area (Å²) in [6.07, 6.45) is 5.33. The zero-order valence-electron chi connectivity index (χ0n) is 19.7. The van der Waals surface area contributed by atoms with Crippen molar-refractivity contribution in [1.29, 1.82) is 0 Å². The summed E-state index contributed by atoms with van der Waals surface area (Å²) >= 11 is 0.